The Morgan fingerprint density at radius 2 is 1.60 bits per heavy atom. The van der Waals surface area contributed by atoms with Crippen LogP contribution < -0.4 is 0 Å². The standard InChI is InChI=1S/C25H23NO3S/c1-17-9-10-18(2)22(15-17)24-25(20-11-13-21(14-12-20)30(3,27)28)29-23(26-24)16-19-7-5-4-6-8-19/h4-15H,16H2,1-3H3. The largest absolute Gasteiger partial charge is 0.440 e. The summed E-state index contributed by atoms with van der Waals surface area (Å²) in [5, 5.41) is 0. The van der Waals surface area contributed by atoms with Gasteiger partial charge < -0.3 is 4.42 Å². The maximum atomic E-state index is 11.8. The summed E-state index contributed by atoms with van der Waals surface area (Å²) in [4.78, 5) is 5.12. The number of aryl methyl sites for hydroxylation is 2. The zero-order chi connectivity index (χ0) is 21.3. The van der Waals surface area contributed by atoms with E-state index in [0.29, 0.717) is 18.1 Å². The molecule has 0 atom stereocenters. The van der Waals surface area contributed by atoms with Crippen molar-refractivity contribution >= 4 is 9.84 Å². The van der Waals surface area contributed by atoms with Crippen molar-refractivity contribution in [2.75, 3.05) is 6.26 Å². The molecule has 0 bridgehead atoms. The van der Waals surface area contributed by atoms with Gasteiger partial charge >= 0.3 is 0 Å². The van der Waals surface area contributed by atoms with Crippen LogP contribution in [0.3, 0.4) is 0 Å². The lowest BCUT2D eigenvalue weighted by molar-refractivity contribution is 0.519. The van der Waals surface area contributed by atoms with Crippen LogP contribution in [0.25, 0.3) is 22.6 Å². The zero-order valence-electron chi connectivity index (χ0n) is 17.2. The first-order valence-electron chi connectivity index (χ1n) is 9.73. The van der Waals surface area contributed by atoms with Crippen LogP contribution in [0.2, 0.25) is 0 Å². The quantitative estimate of drug-likeness (QED) is 0.423. The Bertz CT molecular complexity index is 1290. The maximum absolute atomic E-state index is 11.8. The molecule has 0 unspecified atom stereocenters. The van der Waals surface area contributed by atoms with Gasteiger partial charge in [0.1, 0.15) is 5.69 Å². The van der Waals surface area contributed by atoms with Gasteiger partial charge in [0.2, 0.25) is 0 Å². The number of sulfone groups is 1. The summed E-state index contributed by atoms with van der Waals surface area (Å²) < 4.78 is 29.9. The Labute approximate surface area is 177 Å². The lowest BCUT2D eigenvalue weighted by atomic mass is 10.00. The van der Waals surface area contributed by atoms with E-state index in [1.54, 1.807) is 24.3 Å². The second-order valence-electron chi connectivity index (χ2n) is 7.56. The van der Waals surface area contributed by atoms with Crippen molar-refractivity contribution < 1.29 is 12.8 Å². The minimum atomic E-state index is -3.26. The summed E-state index contributed by atoms with van der Waals surface area (Å²) in [7, 11) is -3.26. The zero-order valence-corrected chi connectivity index (χ0v) is 18.0. The highest BCUT2D eigenvalue weighted by molar-refractivity contribution is 7.90. The van der Waals surface area contributed by atoms with Gasteiger partial charge in [0, 0.05) is 23.8 Å². The number of oxazole rings is 1. The van der Waals surface area contributed by atoms with E-state index in [0.717, 1.165) is 33.5 Å². The van der Waals surface area contributed by atoms with Crippen molar-refractivity contribution in [2.45, 2.75) is 25.2 Å². The van der Waals surface area contributed by atoms with Gasteiger partial charge in [-0.15, -0.1) is 0 Å². The predicted molar refractivity (Wildman–Crippen MR) is 119 cm³/mol. The fourth-order valence-corrected chi connectivity index (χ4v) is 4.06. The van der Waals surface area contributed by atoms with Crippen LogP contribution in [0, 0.1) is 13.8 Å². The van der Waals surface area contributed by atoms with Gasteiger partial charge in [0.25, 0.3) is 0 Å². The van der Waals surface area contributed by atoms with Gasteiger partial charge in [-0.05, 0) is 55.3 Å². The van der Waals surface area contributed by atoms with Crippen LogP contribution in [0.15, 0.2) is 82.1 Å². The van der Waals surface area contributed by atoms with Gasteiger partial charge in [0.15, 0.2) is 21.5 Å². The van der Waals surface area contributed by atoms with Gasteiger partial charge in [-0.3, -0.25) is 0 Å². The molecule has 3 aromatic carbocycles. The highest BCUT2D eigenvalue weighted by Gasteiger charge is 2.19. The Morgan fingerprint density at radius 3 is 2.27 bits per heavy atom. The molecule has 1 heterocycles. The van der Waals surface area contributed by atoms with Crippen molar-refractivity contribution in [2.24, 2.45) is 0 Å². The molecule has 5 heteroatoms. The minimum absolute atomic E-state index is 0.281. The van der Waals surface area contributed by atoms with Crippen LogP contribution in [0.5, 0.6) is 0 Å². The number of rotatable bonds is 5. The number of benzene rings is 3. The van der Waals surface area contributed by atoms with E-state index < -0.39 is 9.84 Å². The summed E-state index contributed by atoms with van der Waals surface area (Å²) in [5.41, 5.74) is 5.94. The molecular formula is C25H23NO3S. The molecule has 0 fully saturated rings. The molecule has 152 valence electrons. The summed E-state index contributed by atoms with van der Waals surface area (Å²) >= 11 is 0. The van der Waals surface area contributed by atoms with Gasteiger partial charge in [0.05, 0.1) is 4.90 Å². The number of hydrogen-bond donors (Lipinski definition) is 0. The average molecular weight is 418 g/mol. The molecule has 4 aromatic rings. The molecule has 0 amide bonds. The van der Waals surface area contributed by atoms with Crippen LogP contribution >= 0.6 is 0 Å². The number of hydrogen-bond acceptors (Lipinski definition) is 4. The first-order chi connectivity index (χ1) is 14.3. The molecule has 30 heavy (non-hydrogen) atoms. The van der Waals surface area contributed by atoms with Gasteiger partial charge in [-0.1, -0.05) is 48.0 Å². The summed E-state index contributed by atoms with van der Waals surface area (Å²) in [6.45, 7) is 4.10. The van der Waals surface area contributed by atoms with E-state index in [1.165, 1.54) is 6.26 Å². The van der Waals surface area contributed by atoms with Crippen molar-refractivity contribution in [3.05, 3.63) is 95.4 Å². The third kappa shape index (κ3) is 4.21. The van der Waals surface area contributed by atoms with E-state index in [1.807, 2.05) is 30.3 Å². The van der Waals surface area contributed by atoms with E-state index in [4.69, 9.17) is 9.40 Å². The first-order valence-corrected chi connectivity index (χ1v) is 11.6. The van der Waals surface area contributed by atoms with Crippen molar-refractivity contribution in [1.29, 1.82) is 0 Å². The molecular weight excluding hydrogens is 394 g/mol. The van der Waals surface area contributed by atoms with E-state index >= 15 is 0 Å². The average Bonchev–Trinajstić information content (AvgIpc) is 3.13. The molecule has 0 saturated carbocycles. The number of aromatic nitrogens is 1. The monoisotopic (exact) mass is 417 g/mol. The first kappa shape index (κ1) is 20.1. The van der Waals surface area contributed by atoms with Crippen LogP contribution in [-0.2, 0) is 16.3 Å². The lowest BCUT2D eigenvalue weighted by Gasteiger charge is -2.07. The van der Waals surface area contributed by atoms with Crippen molar-refractivity contribution in [3.63, 3.8) is 0 Å². The van der Waals surface area contributed by atoms with Crippen molar-refractivity contribution in [3.8, 4) is 22.6 Å². The molecule has 4 nitrogen and oxygen atoms in total. The normalized spacial score (nSPS) is 11.6. The second kappa shape index (κ2) is 7.92. The molecule has 0 aliphatic carbocycles. The molecule has 0 saturated heterocycles. The van der Waals surface area contributed by atoms with E-state index in [-0.39, 0.29) is 4.90 Å². The Balaban J connectivity index is 1.84. The van der Waals surface area contributed by atoms with Crippen LogP contribution in [-0.4, -0.2) is 19.7 Å². The molecule has 0 radical (unpaired) electrons. The molecule has 0 N–H and O–H groups in total. The summed E-state index contributed by atoms with van der Waals surface area (Å²) in [6.07, 6.45) is 1.79. The molecule has 0 aliphatic heterocycles. The fourth-order valence-electron chi connectivity index (χ4n) is 3.43. The van der Waals surface area contributed by atoms with Gasteiger partial charge in [-0.2, -0.15) is 0 Å². The van der Waals surface area contributed by atoms with Crippen LogP contribution in [0.4, 0.5) is 0 Å². The van der Waals surface area contributed by atoms with Gasteiger partial charge in [-0.25, -0.2) is 13.4 Å². The molecule has 0 spiro atoms. The SMILES string of the molecule is Cc1ccc(C)c(-c2nc(Cc3ccccc3)oc2-c2ccc(S(C)(=O)=O)cc2)c1. The number of nitrogens with zero attached hydrogens (tertiary/aromatic N) is 1. The minimum Gasteiger partial charge on any atom is -0.440 e. The highest BCUT2D eigenvalue weighted by Crippen LogP contribution is 2.35. The molecule has 0 aliphatic rings. The molecule has 4 rings (SSSR count). The Hall–Kier alpha value is -3.18. The summed E-state index contributed by atoms with van der Waals surface area (Å²) in [6, 6.07) is 23.1. The summed E-state index contributed by atoms with van der Waals surface area (Å²) in [5.74, 6) is 1.27. The Morgan fingerprint density at radius 1 is 0.900 bits per heavy atom. The Kier molecular flexibility index (Phi) is 5.31. The van der Waals surface area contributed by atoms with E-state index in [2.05, 4.69) is 32.0 Å². The second-order valence-corrected chi connectivity index (χ2v) is 9.58. The fraction of sp³-hybridized carbons (Fsp3) is 0.160. The lowest BCUT2D eigenvalue weighted by Crippen LogP contribution is -1.96. The molecule has 1 aromatic heterocycles. The smallest absolute Gasteiger partial charge is 0.199 e. The van der Waals surface area contributed by atoms with E-state index in [9.17, 15) is 8.42 Å². The van der Waals surface area contributed by atoms with Crippen LogP contribution in [0.1, 0.15) is 22.6 Å². The third-order valence-corrected chi connectivity index (χ3v) is 6.19. The third-order valence-electron chi connectivity index (χ3n) is 5.06. The van der Waals surface area contributed by atoms with Crippen molar-refractivity contribution in [1.82, 2.24) is 4.98 Å². The maximum Gasteiger partial charge on any atom is 0.199 e. The highest BCUT2D eigenvalue weighted by atomic mass is 32.2. The topological polar surface area (TPSA) is 60.2 Å². The predicted octanol–water partition coefficient (Wildman–Crippen LogP) is 5.62.